The van der Waals surface area contributed by atoms with Gasteiger partial charge in [-0.1, -0.05) is 19.3 Å². The zero-order chi connectivity index (χ0) is 17.9. The molecule has 9 heteroatoms. The fraction of sp³-hybridized carbons (Fsp3) is 0.647. The predicted molar refractivity (Wildman–Crippen MR) is 95.6 cm³/mol. The van der Waals surface area contributed by atoms with Gasteiger partial charge in [0.1, 0.15) is 12.4 Å². The third kappa shape index (κ3) is 3.42. The van der Waals surface area contributed by atoms with Crippen LogP contribution in [0.5, 0.6) is 0 Å². The second kappa shape index (κ2) is 7.65. The molecule has 3 atom stereocenters. The first kappa shape index (κ1) is 17.3. The van der Waals surface area contributed by atoms with E-state index in [1.165, 1.54) is 38.4 Å². The van der Waals surface area contributed by atoms with Crippen LogP contribution in [0.2, 0.25) is 0 Å². The van der Waals surface area contributed by atoms with Crippen LogP contribution in [0, 0.1) is 5.92 Å². The molecule has 0 amide bonds. The molecular weight excluding hydrogens is 336 g/mol. The molecule has 2 fully saturated rings. The molecule has 3 heterocycles. The first-order valence-electron chi connectivity index (χ1n) is 9.17. The summed E-state index contributed by atoms with van der Waals surface area (Å²) in [7, 11) is 0. The summed E-state index contributed by atoms with van der Waals surface area (Å²) < 4.78 is 7.36. The highest BCUT2D eigenvalue weighted by Gasteiger charge is 2.36. The van der Waals surface area contributed by atoms with Gasteiger partial charge in [0.2, 0.25) is 0 Å². The van der Waals surface area contributed by atoms with Crippen molar-refractivity contribution in [2.24, 2.45) is 11.0 Å². The van der Waals surface area contributed by atoms with Crippen molar-refractivity contribution in [2.75, 3.05) is 12.0 Å². The van der Waals surface area contributed by atoms with E-state index in [-0.39, 0.29) is 12.7 Å². The van der Waals surface area contributed by atoms with E-state index < -0.39 is 12.3 Å². The van der Waals surface area contributed by atoms with E-state index in [9.17, 15) is 10.2 Å². The fourth-order valence-corrected chi connectivity index (χ4v) is 3.70. The van der Waals surface area contributed by atoms with E-state index in [4.69, 9.17) is 4.74 Å². The molecule has 0 spiro atoms. The molecule has 2 aliphatic rings. The largest absolute Gasteiger partial charge is 0.394 e. The number of fused-ring (bicyclic) bond motifs is 1. The Bertz CT molecular complexity index is 773. The maximum atomic E-state index is 10.2. The third-order valence-corrected chi connectivity index (χ3v) is 5.11. The van der Waals surface area contributed by atoms with Crippen molar-refractivity contribution in [2.45, 2.75) is 57.0 Å². The molecule has 9 nitrogen and oxygen atoms in total. The normalized spacial score (nSPS) is 27.5. The van der Waals surface area contributed by atoms with E-state index in [0.29, 0.717) is 29.3 Å². The first-order valence-corrected chi connectivity index (χ1v) is 9.17. The first-order chi connectivity index (χ1) is 12.8. The molecule has 0 aromatic carbocycles. The van der Waals surface area contributed by atoms with Crippen molar-refractivity contribution in [1.29, 1.82) is 0 Å². The topological polar surface area (TPSA) is 118 Å². The van der Waals surface area contributed by atoms with Crippen LogP contribution in [0.15, 0.2) is 17.8 Å². The van der Waals surface area contributed by atoms with Crippen molar-refractivity contribution < 1.29 is 14.9 Å². The summed E-state index contributed by atoms with van der Waals surface area (Å²) >= 11 is 0. The van der Waals surface area contributed by atoms with Gasteiger partial charge in [-0.15, -0.1) is 0 Å². The van der Waals surface area contributed by atoms with Gasteiger partial charge in [-0.25, -0.2) is 15.0 Å². The Labute approximate surface area is 151 Å². The lowest BCUT2D eigenvalue weighted by atomic mass is 9.90. The molecule has 26 heavy (non-hydrogen) atoms. The molecule has 140 valence electrons. The summed E-state index contributed by atoms with van der Waals surface area (Å²) in [6.45, 7) is -0.127. The van der Waals surface area contributed by atoms with Crippen LogP contribution in [0.4, 0.5) is 5.82 Å². The Kier molecular flexibility index (Phi) is 5.09. The number of hydrogen-bond acceptors (Lipinski definition) is 8. The zero-order valence-corrected chi connectivity index (χ0v) is 14.5. The summed E-state index contributed by atoms with van der Waals surface area (Å²) in [5, 5.41) is 23.8. The lowest BCUT2D eigenvalue weighted by molar-refractivity contribution is -0.0486. The number of hydrazone groups is 1. The van der Waals surface area contributed by atoms with Crippen LogP contribution in [-0.4, -0.2) is 54.8 Å². The van der Waals surface area contributed by atoms with Crippen LogP contribution >= 0.6 is 0 Å². The summed E-state index contributed by atoms with van der Waals surface area (Å²) in [6.07, 6.45) is 9.82. The molecule has 0 radical (unpaired) electrons. The lowest BCUT2D eigenvalue weighted by Crippen LogP contribution is -2.19. The van der Waals surface area contributed by atoms with Gasteiger partial charge in [0, 0.05) is 12.6 Å². The molecule has 2 aromatic heterocycles. The Morgan fingerprint density at radius 2 is 2.12 bits per heavy atom. The number of imidazole rings is 1. The Balaban J connectivity index is 1.52. The van der Waals surface area contributed by atoms with E-state index in [2.05, 4.69) is 25.5 Å². The highest BCUT2D eigenvalue weighted by atomic mass is 16.5. The number of ether oxygens (including phenoxy) is 1. The standard InChI is InChI=1S/C17H24N6O3/c24-8-12-6-13(25)17(26-12)23-10-20-14-15(18-9-19-16(14)23)22-21-7-11-4-2-1-3-5-11/h7,9-13,17,24-25H,1-6,8H2,(H,18,19,22)/b21-7+/t12-,13?,17+/m0/s1. The number of anilines is 1. The van der Waals surface area contributed by atoms with Crippen LogP contribution in [0.1, 0.15) is 44.8 Å². The van der Waals surface area contributed by atoms with Gasteiger partial charge in [-0.2, -0.15) is 5.10 Å². The van der Waals surface area contributed by atoms with Crippen molar-refractivity contribution in [3.05, 3.63) is 12.7 Å². The van der Waals surface area contributed by atoms with Gasteiger partial charge in [0.05, 0.1) is 19.0 Å². The molecule has 2 aromatic rings. The maximum absolute atomic E-state index is 10.2. The van der Waals surface area contributed by atoms with Crippen molar-refractivity contribution in [1.82, 2.24) is 19.5 Å². The van der Waals surface area contributed by atoms with Gasteiger partial charge in [-0.05, 0) is 18.8 Å². The van der Waals surface area contributed by atoms with E-state index >= 15 is 0 Å². The quantitative estimate of drug-likeness (QED) is 0.545. The van der Waals surface area contributed by atoms with Gasteiger partial charge >= 0.3 is 0 Å². The molecular formula is C17H24N6O3. The van der Waals surface area contributed by atoms with Gasteiger partial charge in [0.15, 0.2) is 23.2 Å². The Hall–Kier alpha value is -2.10. The predicted octanol–water partition coefficient (Wildman–Crippen LogP) is 1.44. The van der Waals surface area contributed by atoms with Crippen LogP contribution in [0.25, 0.3) is 11.2 Å². The molecule has 3 N–H and O–H groups in total. The SMILES string of the molecule is OC[C@@H]1CC(O)[C@H](n2cnc3c(N/N=C/C4CCCCC4)ncnc32)O1. The molecule has 1 aliphatic carbocycles. The van der Waals surface area contributed by atoms with Crippen molar-refractivity contribution in [3.8, 4) is 0 Å². The van der Waals surface area contributed by atoms with E-state index in [1.54, 1.807) is 10.9 Å². The lowest BCUT2D eigenvalue weighted by Gasteiger charge is -2.17. The Morgan fingerprint density at radius 1 is 1.27 bits per heavy atom. The smallest absolute Gasteiger partial charge is 0.177 e. The molecule has 4 rings (SSSR count). The number of rotatable bonds is 5. The average molecular weight is 360 g/mol. The minimum absolute atomic E-state index is 0.127. The third-order valence-electron chi connectivity index (χ3n) is 5.11. The number of aliphatic hydroxyl groups excluding tert-OH is 2. The monoisotopic (exact) mass is 360 g/mol. The number of nitrogens with one attached hydrogen (secondary N) is 1. The Morgan fingerprint density at radius 3 is 2.88 bits per heavy atom. The van der Waals surface area contributed by atoms with Crippen molar-refractivity contribution >= 4 is 23.2 Å². The molecule has 1 saturated heterocycles. The highest BCUT2D eigenvalue weighted by Crippen LogP contribution is 2.31. The van der Waals surface area contributed by atoms with Crippen molar-refractivity contribution in [3.63, 3.8) is 0 Å². The van der Waals surface area contributed by atoms with Gasteiger partial charge < -0.3 is 14.9 Å². The number of aromatic nitrogens is 4. The van der Waals surface area contributed by atoms with Crippen LogP contribution in [0.3, 0.4) is 0 Å². The molecule has 1 unspecified atom stereocenters. The maximum Gasteiger partial charge on any atom is 0.177 e. The molecule has 1 saturated carbocycles. The number of hydrogen-bond donors (Lipinski definition) is 3. The van der Waals surface area contributed by atoms with Gasteiger partial charge in [-0.3, -0.25) is 9.99 Å². The number of nitrogens with zero attached hydrogens (tertiary/aromatic N) is 5. The van der Waals surface area contributed by atoms with E-state index in [1.807, 2.05) is 6.21 Å². The summed E-state index contributed by atoms with van der Waals surface area (Å²) in [4.78, 5) is 12.9. The minimum atomic E-state index is -0.722. The minimum Gasteiger partial charge on any atom is -0.394 e. The second-order valence-electron chi connectivity index (χ2n) is 6.97. The summed E-state index contributed by atoms with van der Waals surface area (Å²) in [5.41, 5.74) is 4.09. The van der Waals surface area contributed by atoms with E-state index in [0.717, 1.165) is 0 Å². The van der Waals surface area contributed by atoms with Crippen LogP contribution < -0.4 is 5.43 Å². The number of aliphatic hydroxyl groups is 2. The summed E-state index contributed by atoms with van der Waals surface area (Å²) in [6, 6.07) is 0. The van der Waals surface area contributed by atoms with Crippen LogP contribution in [-0.2, 0) is 4.74 Å². The van der Waals surface area contributed by atoms with Gasteiger partial charge in [0.25, 0.3) is 0 Å². The molecule has 1 aliphatic heterocycles. The highest BCUT2D eigenvalue weighted by molar-refractivity contribution is 5.83. The molecule has 0 bridgehead atoms. The zero-order valence-electron chi connectivity index (χ0n) is 14.5. The second-order valence-corrected chi connectivity index (χ2v) is 6.97. The fourth-order valence-electron chi connectivity index (χ4n) is 3.70. The summed E-state index contributed by atoms with van der Waals surface area (Å²) in [5.74, 6) is 1.04. The average Bonchev–Trinajstić information content (AvgIpc) is 3.26.